The molecule has 1 amide bonds. The topological polar surface area (TPSA) is 71.2 Å². The molecule has 1 heterocycles. The Hall–Kier alpha value is -1.46. The van der Waals surface area contributed by atoms with E-state index >= 15 is 0 Å². The van der Waals surface area contributed by atoms with E-state index in [1.807, 2.05) is 32.3 Å². The first kappa shape index (κ1) is 14.6. The van der Waals surface area contributed by atoms with Gasteiger partial charge in [0.15, 0.2) is 0 Å². The summed E-state index contributed by atoms with van der Waals surface area (Å²) < 4.78 is 0. The molecule has 0 spiro atoms. The summed E-state index contributed by atoms with van der Waals surface area (Å²) >= 11 is 0. The third-order valence-electron chi connectivity index (χ3n) is 2.97. The van der Waals surface area contributed by atoms with Crippen LogP contribution in [0, 0.1) is 0 Å². The summed E-state index contributed by atoms with van der Waals surface area (Å²) in [6.07, 6.45) is 4.03. The number of carbonyl (C=O) groups excluding carboxylic acids is 1. The van der Waals surface area contributed by atoms with E-state index in [0.29, 0.717) is 13.0 Å². The standard InChI is InChI=1S/C13H22N4O/c1-10(14)13(11-5-4-7-16-9-11)17(3)8-6-12(18)15-2/h4-5,7,9-10,13H,6,8,14H2,1-3H3,(H,15,18). The lowest BCUT2D eigenvalue weighted by Crippen LogP contribution is -2.39. The van der Waals surface area contributed by atoms with Gasteiger partial charge in [0.2, 0.25) is 5.91 Å². The maximum absolute atomic E-state index is 11.3. The Morgan fingerprint density at radius 3 is 2.83 bits per heavy atom. The van der Waals surface area contributed by atoms with Crippen molar-refractivity contribution in [2.45, 2.75) is 25.4 Å². The lowest BCUT2D eigenvalue weighted by molar-refractivity contribution is -0.121. The predicted molar refractivity (Wildman–Crippen MR) is 71.9 cm³/mol. The van der Waals surface area contributed by atoms with E-state index in [2.05, 4.69) is 15.2 Å². The lowest BCUT2D eigenvalue weighted by atomic mass is 10.0. The van der Waals surface area contributed by atoms with Gasteiger partial charge in [-0.2, -0.15) is 0 Å². The molecule has 0 aliphatic carbocycles. The number of hydrogen-bond donors (Lipinski definition) is 2. The highest BCUT2D eigenvalue weighted by Crippen LogP contribution is 2.21. The van der Waals surface area contributed by atoms with Crippen molar-refractivity contribution in [3.63, 3.8) is 0 Å². The van der Waals surface area contributed by atoms with E-state index in [1.54, 1.807) is 13.2 Å². The van der Waals surface area contributed by atoms with Crippen LogP contribution in [0.5, 0.6) is 0 Å². The molecular weight excluding hydrogens is 228 g/mol. The van der Waals surface area contributed by atoms with Crippen LogP contribution in [0.15, 0.2) is 24.5 Å². The average molecular weight is 250 g/mol. The molecule has 0 aliphatic heterocycles. The Labute approximate surface area is 108 Å². The highest BCUT2D eigenvalue weighted by molar-refractivity contribution is 5.75. The number of nitrogens with one attached hydrogen (secondary N) is 1. The van der Waals surface area contributed by atoms with Gasteiger partial charge in [0.05, 0.1) is 6.04 Å². The number of aromatic nitrogens is 1. The summed E-state index contributed by atoms with van der Waals surface area (Å²) in [6.45, 7) is 2.63. The summed E-state index contributed by atoms with van der Waals surface area (Å²) in [4.78, 5) is 17.5. The van der Waals surface area contributed by atoms with Gasteiger partial charge in [-0.1, -0.05) is 6.07 Å². The van der Waals surface area contributed by atoms with Crippen molar-refractivity contribution in [3.05, 3.63) is 30.1 Å². The first-order chi connectivity index (χ1) is 8.56. The Kier molecular flexibility index (Phi) is 5.74. The molecule has 0 aliphatic rings. The minimum absolute atomic E-state index is 0.0242. The monoisotopic (exact) mass is 250 g/mol. The highest BCUT2D eigenvalue weighted by Gasteiger charge is 2.21. The zero-order valence-corrected chi connectivity index (χ0v) is 11.3. The second-order valence-electron chi connectivity index (χ2n) is 4.49. The predicted octanol–water partition coefficient (Wildman–Crippen LogP) is 0.538. The van der Waals surface area contributed by atoms with Gasteiger partial charge in [-0.15, -0.1) is 0 Å². The molecule has 0 saturated carbocycles. The fourth-order valence-electron chi connectivity index (χ4n) is 2.05. The van der Waals surface area contributed by atoms with Crippen molar-refractivity contribution in [1.82, 2.24) is 15.2 Å². The summed E-state index contributed by atoms with van der Waals surface area (Å²) in [6, 6.07) is 3.96. The molecule has 3 N–H and O–H groups in total. The minimum Gasteiger partial charge on any atom is -0.359 e. The third kappa shape index (κ3) is 4.09. The molecule has 2 unspecified atom stereocenters. The maximum Gasteiger partial charge on any atom is 0.221 e. The van der Waals surface area contributed by atoms with Gasteiger partial charge in [-0.25, -0.2) is 0 Å². The molecule has 2 atom stereocenters. The van der Waals surface area contributed by atoms with E-state index in [-0.39, 0.29) is 18.0 Å². The molecule has 0 radical (unpaired) electrons. The van der Waals surface area contributed by atoms with E-state index in [4.69, 9.17) is 5.73 Å². The third-order valence-corrected chi connectivity index (χ3v) is 2.97. The van der Waals surface area contributed by atoms with Crippen LogP contribution in [0.3, 0.4) is 0 Å². The fourth-order valence-corrected chi connectivity index (χ4v) is 2.05. The molecule has 5 heteroatoms. The lowest BCUT2D eigenvalue weighted by Gasteiger charge is -2.31. The summed E-state index contributed by atoms with van der Waals surface area (Å²) in [5.41, 5.74) is 7.11. The fraction of sp³-hybridized carbons (Fsp3) is 0.538. The van der Waals surface area contributed by atoms with Gasteiger partial charge in [0.25, 0.3) is 0 Å². The zero-order chi connectivity index (χ0) is 13.5. The van der Waals surface area contributed by atoms with Gasteiger partial charge >= 0.3 is 0 Å². The zero-order valence-electron chi connectivity index (χ0n) is 11.3. The van der Waals surface area contributed by atoms with Gasteiger partial charge in [0.1, 0.15) is 0 Å². The van der Waals surface area contributed by atoms with Crippen LogP contribution in [0.1, 0.15) is 24.9 Å². The number of amides is 1. The summed E-state index contributed by atoms with van der Waals surface area (Å²) in [5.74, 6) is 0.0384. The summed E-state index contributed by atoms with van der Waals surface area (Å²) in [5, 5.41) is 2.62. The molecule has 1 rings (SSSR count). The molecule has 0 aromatic carbocycles. The van der Waals surface area contributed by atoms with Crippen LogP contribution in [0.4, 0.5) is 0 Å². The number of nitrogens with zero attached hydrogens (tertiary/aromatic N) is 2. The number of rotatable bonds is 6. The number of carbonyl (C=O) groups is 1. The van der Waals surface area contributed by atoms with Crippen LogP contribution < -0.4 is 11.1 Å². The molecule has 0 fully saturated rings. The van der Waals surface area contributed by atoms with Crippen LogP contribution >= 0.6 is 0 Å². The Morgan fingerprint density at radius 1 is 1.61 bits per heavy atom. The van der Waals surface area contributed by atoms with Gasteiger partial charge in [-0.3, -0.25) is 14.7 Å². The minimum atomic E-state index is -0.0242. The maximum atomic E-state index is 11.3. The molecule has 1 aromatic heterocycles. The van der Waals surface area contributed by atoms with Crippen molar-refractivity contribution in [1.29, 1.82) is 0 Å². The molecule has 100 valence electrons. The van der Waals surface area contributed by atoms with Gasteiger partial charge < -0.3 is 11.1 Å². The average Bonchev–Trinajstić information content (AvgIpc) is 2.37. The molecule has 18 heavy (non-hydrogen) atoms. The Bertz CT molecular complexity index is 367. The normalized spacial score (nSPS) is 14.3. The molecule has 0 bridgehead atoms. The molecular formula is C13H22N4O. The molecule has 1 aromatic rings. The number of hydrogen-bond acceptors (Lipinski definition) is 4. The first-order valence-electron chi connectivity index (χ1n) is 6.12. The van der Waals surface area contributed by atoms with E-state index < -0.39 is 0 Å². The van der Waals surface area contributed by atoms with Crippen LogP contribution in [-0.4, -0.2) is 42.5 Å². The number of nitrogens with two attached hydrogens (primary N) is 1. The van der Waals surface area contributed by atoms with Crippen molar-refractivity contribution in [2.75, 3.05) is 20.6 Å². The van der Waals surface area contributed by atoms with Gasteiger partial charge in [-0.05, 0) is 25.6 Å². The quantitative estimate of drug-likeness (QED) is 0.773. The van der Waals surface area contributed by atoms with Crippen LogP contribution in [0.2, 0.25) is 0 Å². The van der Waals surface area contributed by atoms with Crippen molar-refractivity contribution >= 4 is 5.91 Å². The van der Waals surface area contributed by atoms with E-state index in [0.717, 1.165) is 5.56 Å². The second-order valence-corrected chi connectivity index (χ2v) is 4.49. The largest absolute Gasteiger partial charge is 0.359 e. The van der Waals surface area contributed by atoms with Crippen molar-refractivity contribution in [3.8, 4) is 0 Å². The van der Waals surface area contributed by atoms with Crippen molar-refractivity contribution in [2.24, 2.45) is 5.73 Å². The molecule has 0 saturated heterocycles. The first-order valence-corrected chi connectivity index (χ1v) is 6.12. The Balaban J connectivity index is 2.71. The SMILES string of the molecule is CNC(=O)CCN(C)C(c1cccnc1)C(C)N. The second kappa shape index (κ2) is 7.08. The number of pyridine rings is 1. The van der Waals surface area contributed by atoms with Crippen LogP contribution in [0.25, 0.3) is 0 Å². The van der Waals surface area contributed by atoms with Gasteiger partial charge in [0, 0.05) is 38.4 Å². The van der Waals surface area contributed by atoms with E-state index in [1.165, 1.54) is 0 Å². The highest BCUT2D eigenvalue weighted by atomic mass is 16.1. The van der Waals surface area contributed by atoms with E-state index in [9.17, 15) is 4.79 Å². The van der Waals surface area contributed by atoms with Crippen molar-refractivity contribution < 1.29 is 4.79 Å². The smallest absolute Gasteiger partial charge is 0.221 e. The van der Waals surface area contributed by atoms with Crippen LogP contribution in [-0.2, 0) is 4.79 Å². The molecule has 5 nitrogen and oxygen atoms in total. The number of likely N-dealkylation sites (N-methyl/N-ethyl adjacent to an activating group) is 1. The Morgan fingerprint density at radius 2 is 2.33 bits per heavy atom. The summed E-state index contributed by atoms with van der Waals surface area (Å²) in [7, 11) is 3.62.